The average Bonchev–Trinajstić information content (AvgIpc) is 3.47. The zero-order valence-electron chi connectivity index (χ0n) is 22.0. The van der Waals surface area contributed by atoms with Gasteiger partial charge in [0.25, 0.3) is 5.91 Å². The molecule has 6 rings (SSSR count). The molecule has 8 nitrogen and oxygen atoms in total. The van der Waals surface area contributed by atoms with Gasteiger partial charge in [-0.1, -0.05) is 62.8 Å². The second kappa shape index (κ2) is 11.7. The molecule has 15 heteroatoms. The highest BCUT2D eigenvalue weighted by Gasteiger charge is 2.57. The number of para-hydroxylation sites is 1. The van der Waals surface area contributed by atoms with E-state index in [0.29, 0.717) is 35.5 Å². The number of thiazole rings is 1. The van der Waals surface area contributed by atoms with Gasteiger partial charge >= 0.3 is 11.0 Å². The molecule has 4 aromatic rings. The van der Waals surface area contributed by atoms with Crippen molar-refractivity contribution in [1.82, 2.24) is 4.98 Å². The number of fused-ring (bicyclic) bond motifs is 2. The van der Waals surface area contributed by atoms with Crippen LogP contribution in [0.1, 0.15) is 21.9 Å². The monoisotopic (exact) mass is 723 g/mol. The summed E-state index contributed by atoms with van der Waals surface area (Å²) >= 11 is 11.1. The van der Waals surface area contributed by atoms with Crippen molar-refractivity contribution < 1.29 is 32.3 Å². The predicted molar refractivity (Wildman–Crippen MR) is 164 cm³/mol. The van der Waals surface area contributed by atoms with E-state index in [1.165, 1.54) is 12.1 Å². The Balaban J connectivity index is 1.38. The van der Waals surface area contributed by atoms with Crippen LogP contribution >= 0.6 is 50.6 Å². The molecule has 0 aliphatic carbocycles. The number of H-pyrrole nitrogens is 1. The fourth-order valence-electron chi connectivity index (χ4n) is 5.27. The molecule has 1 fully saturated rings. The van der Waals surface area contributed by atoms with Gasteiger partial charge in [-0.05, 0) is 54.6 Å². The van der Waals surface area contributed by atoms with Crippen LogP contribution < -0.4 is 19.8 Å². The molecule has 0 bridgehead atoms. The summed E-state index contributed by atoms with van der Waals surface area (Å²) in [5.41, 5.74) is -0.826. The highest BCUT2D eigenvalue weighted by Crippen LogP contribution is 2.55. The number of amides is 3. The third-order valence-corrected chi connectivity index (χ3v) is 10.2. The van der Waals surface area contributed by atoms with Gasteiger partial charge in [-0.3, -0.25) is 19.2 Å². The average molecular weight is 725 g/mol. The molecule has 0 saturated carbocycles. The van der Waals surface area contributed by atoms with Crippen molar-refractivity contribution in [2.24, 2.45) is 5.92 Å². The quantitative estimate of drug-likeness (QED) is 0.215. The number of imide groups is 1. The minimum atomic E-state index is -4.82. The molecule has 2 unspecified atom stereocenters. The molecule has 3 atom stereocenters. The molecule has 3 amide bonds. The Hall–Kier alpha value is -3.59. The maximum Gasteiger partial charge on any atom is 0.418 e. The van der Waals surface area contributed by atoms with Crippen molar-refractivity contribution in [3.8, 4) is 5.75 Å². The van der Waals surface area contributed by atoms with Crippen molar-refractivity contribution in [3.05, 3.63) is 102 Å². The molecule has 2 N–H and O–H groups in total. The van der Waals surface area contributed by atoms with Crippen LogP contribution in [0, 0.1) is 5.92 Å². The first-order chi connectivity index (χ1) is 20.9. The Kier molecular flexibility index (Phi) is 8.11. The van der Waals surface area contributed by atoms with E-state index in [0.717, 1.165) is 35.2 Å². The van der Waals surface area contributed by atoms with Crippen molar-refractivity contribution in [2.75, 3.05) is 16.8 Å². The molecule has 1 saturated heterocycles. The van der Waals surface area contributed by atoms with E-state index >= 15 is 0 Å². The number of carbonyl (C=O) groups is 3. The molecule has 44 heavy (non-hydrogen) atoms. The third kappa shape index (κ3) is 5.67. The summed E-state index contributed by atoms with van der Waals surface area (Å²) < 4.78 is 48.3. The van der Waals surface area contributed by atoms with E-state index in [4.69, 9.17) is 16.3 Å². The fourth-order valence-corrected chi connectivity index (χ4v) is 8.28. The summed E-state index contributed by atoms with van der Waals surface area (Å²) in [6, 6.07) is 15.7. The lowest BCUT2D eigenvalue weighted by molar-refractivity contribution is -0.137. The smallest absolute Gasteiger partial charge is 0.418 e. The number of rotatable bonds is 6. The number of anilines is 2. The van der Waals surface area contributed by atoms with Crippen LogP contribution in [-0.4, -0.2) is 34.6 Å². The summed E-state index contributed by atoms with van der Waals surface area (Å²) in [5.74, 6) is -4.10. The zero-order valence-corrected chi connectivity index (χ0v) is 26.0. The Bertz CT molecular complexity index is 1860. The van der Waals surface area contributed by atoms with Gasteiger partial charge in [0.2, 0.25) is 11.8 Å². The van der Waals surface area contributed by atoms with Gasteiger partial charge in [-0.15, -0.1) is 0 Å². The van der Waals surface area contributed by atoms with Crippen molar-refractivity contribution >= 4 is 79.7 Å². The normalized spacial score (nSPS) is 19.5. The number of aromatic amines is 1. The van der Waals surface area contributed by atoms with Gasteiger partial charge in [0.1, 0.15) is 11.0 Å². The molecule has 3 aromatic carbocycles. The predicted octanol–water partition coefficient (Wildman–Crippen LogP) is 6.68. The lowest BCUT2D eigenvalue weighted by atomic mass is 9.82. The SMILES string of the molecule is O=C(COc1ccc(Br)cc1[C@H]1c2sc(=O)[nH]c2SC2C(=O)N(c3ccccc3C(F)(F)F)C(=O)C21)Nc1ccc(Cl)cc1. The number of thioether (sulfide) groups is 1. The first kappa shape index (κ1) is 30.4. The van der Waals surface area contributed by atoms with E-state index in [1.807, 2.05) is 0 Å². The summed E-state index contributed by atoms with van der Waals surface area (Å²) in [6.07, 6.45) is -4.82. The van der Waals surface area contributed by atoms with Crippen LogP contribution in [0.2, 0.25) is 5.02 Å². The second-order valence-electron chi connectivity index (χ2n) is 9.80. The Labute approximate surface area is 268 Å². The van der Waals surface area contributed by atoms with Crippen LogP contribution in [0.3, 0.4) is 0 Å². The van der Waals surface area contributed by atoms with Crippen LogP contribution in [-0.2, 0) is 20.6 Å². The number of alkyl halides is 3. The number of hydrogen-bond acceptors (Lipinski definition) is 7. The van der Waals surface area contributed by atoms with Gasteiger partial charge in [0.05, 0.1) is 22.2 Å². The second-order valence-corrected chi connectivity index (χ2v) is 13.3. The molecular weight excluding hydrogens is 707 g/mol. The number of hydrogen-bond donors (Lipinski definition) is 2. The minimum Gasteiger partial charge on any atom is -0.483 e. The summed E-state index contributed by atoms with van der Waals surface area (Å²) in [6.45, 7) is -0.430. The van der Waals surface area contributed by atoms with E-state index in [9.17, 15) is 32.3 Å². The Morgan fingerprint density at radius 1 is 1.05 bits per heavy atom. The molecule has 3 heterocycles. The lowest BCUT2D eigenvalue weighted by Gasteiger charge is -2.31. The van der Waals surface area contributed by atoms with Gasteiger partial charge in [-0.2, -0.15) is 13.2 Å². The molecule has 1 aromatic heterocycles. The molecule has 2 aliphatic heterocycles. The maximum atomic E-state index is 14.0. The number of benzene rings is 3. The number of carbonyl (C=O) groups excluding carboxylic acids is 3. The van der Waals surface area contributed by atoms with E-state index in [1.54, 1.807) is 42.5 Å². The zero-order chi connectivity index (χ0) is 31.3. The van der Waals surface area contributed by atoms with Gasteiger partial charge in [0.15, 0.2) is 6.61 Å². The van der Waals surface area contributed by atoms with Crippen LogP contribution in [0.4, 0.5) is 24.5 Å². The summed E-state index contributed by atoms with van der Waals surface area (Å²) in [5, 5.41) is 2.38. The Morgan fingerprint density at radius 3 is 2.50 bits per heavy atom. The van der Waals surface area contributed by atoms with Gasteiger partial charge < -0.3 is 15.0 Å². The number of nitrogens with one attached hydrogen (secondary N) is 2. The largest absolute Gasteiger partial charge is 0.483 e. The van der Waals surface area contributed by atoms with Crippen molar-refractivity contribution in [3.63, 3.8) is 0 Å². The van der Waals surface area contributed by atoms with Gasteiger partial charge in [0, 0.05) is 31.5 Å². The number of aromatic nitrogens is 1. The maximum absolute atomic E-state index is 14.0. The molecule has 2 aliphatic rings. The Morgan fingerprint density at radius 2 is 1.77 bits per heavy atom. The molecular formula is C29H18BrClF3N3O5S2. The molecule has 226 valence electrons. The first-order valence-electron chi connectivity index (χ1n) is 12.8. The first-order valence-corrected chi connectivity index (χ1v) is 15.7. The topological polar surface area (TPSA) is 109 Å². The number of ether oxygens (including phenoxy) is 1. The summed E-state index contributed by atoms with van der Waals surface area (Å²) in [4.78, 5) is 56.2. The number of halogens is 5. The van der Waals surface area contributed by atoms with Gasteiger partial charge in [-0.25, -0.2) is 4.90 Å². The highest BCUT2D eigenvalue weighted by molar-refractivity contribution is 9.10. The lowest BCUT2D eigenvalue weighted by Crippen LogP contribution is -2.33. The fraction of sp³-hybridized carbons (Fsp3) is 0.172. The van der Waals surface area contributed by atoms with E-state index in [2.05, 4.69) is 26.2 Å². The summed E-state index contributed by atoms with van der Waals surface area (Å²) in [7, 11) is 0. The highest BCUT2D eigenvalue weighted by atomic mass is 79.9. The standard InChI is InChI=1S/C29H18BrClF3N3O5S2/c30-13-5-10-19(42-12-20(38)35-15-8-6-14(31)7-9-15)16(11-13)21-22-24(43-25-23(21)44-28(41)36-25)27(40)37(26(22)39)18-4-2-1-3-17(18)29(32,33)34/h1-11,21-22,24H,12H2,(H,35,38)(H,36,41)/t21-,22?,24?/m1/s1. The molecule has 0 radical (unpaired) electrons. The van der Waals surface area contributed by atoms with Crippen LogP contribution in [0.15, 0.2) is 81.0 Å². The van der Waals surface area contributed by atoms with Crippen molar-refractivity contribution in [2.45, 2.75) is 22.4 Å². The number of nitrogens with zero attached hydrogens (tertiary/aromatic N) is 1. The van der Waals surface area contributed by atoms with Crippen LogP contribution in [0.5, 0.6) is 5.75 Å². The minimum absolute atomic E-state index is 0.191. The van der Waals surface area contributed by atoms with Crippen molar-refractivity contribution in [1.29, 1.82) is 0 Å². The van der Waals surface area contributed by atoms with E-state index < -0.39 is 63.7 Å². The van der Waals surface area contributed by atoms with E-state index in [-0.39, 0.29) is 5.75 Å². The molecule has 0 spiro atoms. The third-order valence-electron chi connectivity index (χ3n) is 7.07. The van der Waals surface area contributed by atoms with Crippen LogP contribution in [0.25, 0.3) is 0 Å².